The maximum atomic E-state index is 13.6. The lowest BCUT2D eigenvalue weighted by atomic mass is 9.76. The number of halogens is 2. The van der Waals surface area contributed by atoms with Gasteiger partial charge in [-0.3, -0.25) is 9.69 Å². The maximum absolute atomic E-state index is 13.6. The number of carbonyl (C=O) groups excluding carboxylic acids is 1. The predicted octanol–water partition coefficient (Wildman–Crippen LogP) is 6.85. The van der Waals surface area contributed by atoms with E-state index in [4.69, 9.17) is 0 Å². The third-order valence-electron chi connectivity index (χ3n) is 6.87. The SMILES string of the molecule is O=C1CCN(Cc2ccc(-c3ccccc3)cc2)CC1C(c1ccc(F)cc1)c1ccc(F)cc1. The molecule has 1 aliphatic heterocycles. The standard InChI is InChI=1S/C31H27F2NO/c32-27-14-10-25(11-15-27)31(26-12-16-28(33)17-13-26)29-21-34(19-18-30(29)35)20-22-6-8-24(9-7-22)23-4-2-1-3-5-23/h1-17,29,31H,18-21H2. The van der Waals surface area contributed by atoms with Gasteiger partial charge in [0.2, 0.25) is 0 Å². The number of Topliss-reactive ketones (excluding diaryl/α,β-unsaturated/α-hetero) is 1. The highest BCUT2D eigenvalue weighted by molar-refractivity contribution is 5.83. The molecule has 1 heterocycles. The molecule has 1 fully saturated rings. The third-order valence-corrected chi connectivity index (χ3v) is 6.87. The predicted molar refractivity (Wildman–Crippen MR) is 135 cm³/mol. The zero-order valence-corrected chi connectivity index (χ0v) is 19.4. The minimum absolute atomic E-state index is 0.194. The van der Waals surface area contributed by atoms with Crippen molar-refractivity contribution in [3.05, 3.63) is 131 Å². The average Bonchev–Trinajstić information content (AvgIpc) is 2.89. The molecule has 4 heteroatoms. The second kappa shape index (κ2) is 10.3. The van der Waals surface area contributed by atoms with Crippen LogP contribution in [0.2, 0.25) is 0 Å². The number of benzene rings is 4. The van der Waals surface area contributed by atoms with Crippen molar-refractivity contribution in [2.24, 2.45) is 5.92 Å². The van der Waals surface area contributed by atoms with Crippen LogP contribution in [0.3, 0.4) is 0 Å². The summed E-state index contributed by atoms with van der Waals surface area (Å²) in [4.78, 5) is 15.5. The monoisotopic (exact) mass is 467 g/mol. The van der Waals surface area contributed by atoms with Crippen LogP contribution in [-0.4, -0.2) is 23.8 Å². The Kier molecular flexibility index (Phi) is 6.82. The van der Waals surface area contributed by atoms with E-state index in [2.05, 4.69) is 41.3 Å². The number of hydrogen-bond donors (Lipinski definition) is 0. The Morgan fingerprint density at radius 1 is 0.714 bits per heavy atom. The van der Waals surface area contributed by atoms with E-state index in [0.717, 1.165) is 17.7 Å². The van der Waals surface area contributed by atoms with Gasteiger partial charge in [-0.1, -0.05) is 78.9 Å². The summed E-state index contributed by atoms with van der Waals surface area (Å²) in [5.41, 5.74) is 5.28. The second-order valence-corrected chi connectivity index (χ2v) is 9.20. The molecule has 1 saturated heterocycles. The molecule has 176 valence electrons. The van der Waals surface area contributed by atoms with Crippen LogP contribution in [0, 0.1) is 17.6 Å². The van der Waals surface area contributed by atoms with Crippen molar-refractivity contribution >= 4 is 5.78 Å². The number of ketones is 1. The molecule has 4 aromatic rings. The first-order valence-electron chi connectivity index (χ1n) is 12.0. The van der Waals surface area contributed by atoms with E-state index in [1.54, 1.807) is 24.3 Å². The minimum Gasteiger partial charge on any atom is -0.299 e. The van der Waals surface area contributed by atoms with Crippen LogP contribution in [0.4, 0.5) is 8.78 Å². The topological polar surface area (TPSA) is 20.3 Å². The molecule has 5 rings (SSSR count). The van der Waals surface area contributed by atoms with Crippen LogP contribution in [0.5, 0.6) is 0 Å². The Hall–Kier alpha value is -3.63. The Morgan fingerprint density at radius 2 is 1.26 bits per heavy atom. The van der Waals surface area contributed by atoms with Crippen molar-refractivity contribution < 1.29 is 13.6 Å². The molecular formula is C31H27F2NO. The largest absolute Gasteiger partial charge is 0.299 e. The highest BCUT2D eigenvalue weighted by Crippen LogP contribution is 2.36. The van der Waals surface area contributed by atoms with Gasteiger partial charge in [0, 0.05) is 37.9 Å². The highest BCUT2D eigenvalue weighted by Gasteiger charge is 2.35. The number of piperidine rings is 1. The van der Waals surface area contributed by atoms with E-state index in [0.29, 0.717) is 19.5 Å². The van der Waals surface area contributed by atoms with Crippen LogP contribution >= 0.6 is 0 Å². The molecule has 0 aliphatic carbocycles. The molecule has 4 aromatic carbocycles. The van der Waals surface area contributed by atoms with Gasteiger partial charge in [0.15, 0.2) is 0 Å². The van der Waals surface area contributed by atoms with Gasteiger partial charge in [-0.15, -0.1) is 0 Å². The lowest BCUT2D eigenvalue weighted by Gasteiger charge is -2.36. The summed E-state index contributed by atoms with van der Waals surface area (Å²) in [6, 6.07) is 31.5. The van der Waals surface area contributed by atoms with Crippen LogP contribution < -0.4 is 0 Å². The fourth-order valence-corrected chi connectivity index (χ4v) is 5.05. The Morgan fingerprint density at radius 3 is 1.83 bits per heavy atom. The Labute approximate surface area is 204 Å². The zero-order chi connectivity index (χ0) is 24.2. The van der Waals surface area contributed by atoms with Gasteiger partial charge < -0.3 is 0 Å². The molecule has 0 saturated carbocycles. The number of rotatable bonds is 6. The minimum atomic E-state index is -0.317. The average molecular weight is 468 g/mol. The molecule has 2 nitrogen and oxygen atoms in total. The summed E-state index contributed by atoms with van der Waals surface area (Å²) in [6.07, 6.45) is 0.464. The van der Waals surface area contributed by atoms with Gasteiger partial charge in [0.25, 0.3) is 0 Å². The summed E-state index contributed by atoms with van der Waals surface area (Å²) in [5, 5.41) is 0. The third kappa shape index (κ3) is 5.39. The number of likely N-dealkylation sites (tertiary alicyclic amines) is 1. The molecule has 0 N–H and O–H groups in total. The highest BCUT2D eigenvalue weighted by atomic mass is 19.1. The molecular weight excluding hydrogens is 440 g/mol. The normalized spacial score (nSPS) is 16.5. The van der Waals surface area contributed by atoms with E-state index < -0.39 is 0 Å². The number of hydrogen-bond acceptors (Lipinski definition) is 2. The van der Waals surface area contributed by atoms with Gasteiger partial charge in [-0.25, -0.2) is 8.78 Å². The van der Waals surface area contributed by atoms with Crippen LogP contribution in [0.25, 0.3) is 11.1 Å². The first-order valence-corrected chi connectivity index (χ1v) is 12.0. The number of nitrogens with zero attached hydrogens (tertiary/aromatic N) is 1. The molecule has 1 unspecified atom stereocenters. The fourth-order valence-electron chi connectivity index (χ4n) is 5.05. The summed E-state index contributed by atoms with van der Waals surface area (Å²) in [5.74, 6) is -0.987. The van der Waals surface area contributed by atoms with Gasteiger partial charge in [-0.2, -0.15) is 0 Å². The van der Waals surface area contributed by atoms with Crippen molar-refractivity contribution in [2.45, 2.75) is 18.9 Å². The van der Waals surface area contributed by atoms with Gasteiger partial charge in [0.05, 0.1) is 0 Å². The quantitative estimate of drug-likeness (QED) is 0.309. The van der Waals surface area contributed by atoms with Gasteiger partial charge >= 0.3 is 0 Å². The van der Waals surface area contributed by atoms with Crippen molar-refractivity contribution in [3.8, 4) is 11.1 Å². The molecule has 35 heavy (non-hydrogen) atoms. The first-order chi connectivity index (χ1) is 17.1. The molecule has 0 aromatic heterocycles. The summed E-state index contributed by atoms with van der Waals surface area (Å²) < 4.78 is 27.3. The van der Waals surface area contributed by atoms with Crippen LogP contribution in [0.1, 0.15) is 29.0 Å². The van der Waals surface area contributed by atoms with Crippen molar-refractivity contribution in [3.63, 3.8) is 0 Å². The lowest BCUT2D eigenvalue weighted by Crippen LogP contribution is -2.43. The molecule has 0 spiro atoms. The van der Waals surface area contributed by atoms with Gasteiger partial charge in [0.1, 0.15) is 17.4 Å². The van der Waals surface area contributed by atoms with E-state index >= 15 is 0 Å². The maximum Gasteiger partial charge on any atom is 0.139 e. The van der Waals surface area contributed by atoms with E-state index in [9.17, 15) is 13.6 Å². The molecule has 0 radical (unpaired) electrons. The fraction of sp³-hybridized carbons (Fsp3) is 0.194. The van der Waals surface area contributed by atoms with Gasteiger partial charge in [-0.05, 0) is 52.1 Å². The van der Waals surface area contributed by atoms with E-state index in [1.165, 1.54) is 41.0 Å². The molecule has 0 amide bonds. The summed E-state index contributed by atoms with van der Waals surface area (Å²) >= 11 is 0. The van der Waals surface area contributed by atoms with Crippen LogP contribution in [0.15, 0.2) is 103 Å². The summed E-state index contributed by atoms with van der Waals surface area (Å²) in [7, 11) is 0. The smallest absolute Gasteiger partial charge is 0.139 e. The van der Waals surface area contributed by atoms with E-state index in [1.807, 2.05) is 18.2 Å². The summed E-state index contributed by atoms with van der Waals surface area (Å²) in [6.45, 7) is 2.05. The Balaban J connectivity index is 1.37. The second-order valence-electron chi connectivity index (χ2n) is 9.20. The number of carbonyl (C=O) groups is 1. The lowest BCUT2D eigenvalue weighted by molar-refractivity contribution is -0.126. The van der Waals surface area contributed by atoms with Crippen molar-refractivity contribution in [1.82, 2.24) is 4.90 Å². The van der Waals surface area contributed by atoms with Crippen LogP contribution in [-0.2, 0) is 11.3 Å². The molecule has 1 atom stereocenters. The van der Waals surface area contributed by atoms with Crippen molar-refractivity contribution in [2.75, 3.05) is 13.1 Å². The molecule has 1 aliphatic rings. The molecule has 0 bridgehead atoms. The zero-order valence-electron chi connectivity index (χ0n) is 19.4. The van der Waals surface area contributed by atoms with E-state index in [-0.39, 0.29) is 29.3 Å². The van der Waals surface area contributed by atoms with Crippen molar-refractivity contribution in [1.29, 1.82) is 0 Å². The first kappa shape index (κ1) is 23.1. The Bertz CT molecular complexity index is 1220.